The quantitative estimate of drug-likeness (QED) is 0.161. The second kappa shape index (κ2) is 13.2. The molecular formula is C26H25B2N3O7. The Morgan fingerprint density at radius 2 is 1.53 bits per heavy atom. The number of ether oxygens (including phenoxy) is 2. The van der Waals surface area contributed by atoms with Crippen LogP contribution < -0.4 is 30.4 Å². The number of carbonyl (C=O) groups is 1. The molecule has 0 atom stereocenters. The smallest absolute Gasteiger partial charge is 0.532 e. The Morgan fingerprint density at radius 3 is 2.24 bits per heavy atom. The summed E-state index contributed by atoms with van der Waals surface area (Å²) in [5.74, 6) is 1.44. The van der Waals surface area contributed by atoms with Crippen molar-refractivity contribution in [2.75, 3.05) is 18.5 Å². The SMILES string of the molecule is O=C(Nc1ccccn1)c1ccc(B(O)Oc2ccnc(OCCCOc3ccc(B(O)O)cc3)c2)cc1. The highest BCUT2D eigenvalue weighted by molar-refractivity contribution is 6.60. The van der Waals surface area contributed by atoms with Crippen molar-refractivity contribution in [2.24, 2.45) is 0 Å². The summed E-state index contributed by atoms with van der Waals surface area (Å²) in [6.07, 6.45) is 3.68. The summed E-state index contributed by atoms with van der Waals surface area (Å²) in [4.78, 5) is 20.6. The summed E-state index contributed by atoms with van der Waals surface area (Å²) >= 11 is 0. The first kappa shape index (κ1) is 26.7. The minimum atomic E-state index is -1.51. The molecule has 0 spiro atoms. The highest BCUT2D eigenvalue weighted by Crippen LogP contribution is 2.17. The first-order valence-electron chi connectivity index (χ1n) is 11.8. The number of hydrogen-bond donors (Lipinski definition) is 4. The van der Waals surface area contributed by atoms with E-state index in [0.717, 1.165) is 0 Å². The van der Waals surface area contributed by atoms with Gasteiger partial charge in [0.25, 0.3) is 5.91 Å². The maximum atomic E-state index is 12.4. The molecule has 0 fully saturated rings. The number of nitrogens with one attached hydrogen (secondary N) is 1. The van der Waals surface area contributed by atoms with Gasteiger partial charge in [-0.05, 0) is 53.4 Å². The average Bonchev–Trinajstić information content (AvgIpc) is 2.94. The molecule has 0 aliphatic heterocycles. The van der Waals surface area contributed by atoms with Gasteiger partial charge in [-0.1, -0.05) is 30.3 Å². The first-order valence-corrected chi connectivity index (χ1v) is 11.8. The molecule has 38 heavy (non-hydrogen) atoms. The molecular weight excluding hydrogens is 488 g/mol. The Labute approximate surface area is 220 Å². The lowest BCUT2D eigenvalue weighted by Crippen LogP contribution is -2.36. The molecule has 4 aromatic rings. The van der Waals surface area contributed by atoms with Crippen molar-refractivity contribution in [3.8, 4) is 17.4 Å². The van der Waals surface area contributed by atoms with E-state index in [9.17, 15) is 9.82 Å². The summed E-state index contributed by atoms with van der Waals surface area (Å²) in [7, 11) is -2.77. The van der Waals surface area contributed by atoms with Crippen LogP contribution in [-0.4, -0.2) is 58.4 Å². The Kier molecular flexibility index (Phi) is 9.30. The number of nitrogens with zero attached hydrogens (tertiary/aromatic N) is 2. The average molecular weight is 513 g/mol. The molecule has 2 aromatic carbocycles. The number of amides is 1. The third kappa shape index (κ3) is 7.81. The van der Waals surface area contributed by atoms with Crippen LogP contribution in [0.2, 0.25) is 0 Å². The van der Waals surface area contributed by atoms with E-state index in [-0.39, 0.29) is 5.91 Å². The van der Waals surface area contributed by atoms with E-state index >= 15 is 0 Å². The van der Waals surface area contributed by atoms with Crippen LogP contribution >= 0.6 is 0 Å². The van der Waals surface area contributed by atoms with Crippen molar-refractivity contribution in [1.29, 1.82) is 0 Å². The van der Waals surface area contributed by atoms with Crippen LogP contribution in [-0.2, 0) is 0 Å². The highest BCUT2D eigenvalue weighted by atomic mass is 16.5. The summed E-state index contributed by atoms with van der Waals surface area (Å²) in [6, 6.07) is 21.3. The van der Waals surface area contributed by atoms with E-state index in [1.165, 1.54) is 6.20 Å². The summed E-state index contributed by atoms with van der Waals surface area (Å²) < 4.78 is 16.9. The molecule has 0 saturated heterocycles. The summed E-state index contributed by atoms with van der Waals surface area (Å²) in [5, 5.41) is 31.4. The summed E-state index contributed by atoms with van der Waals surface area (Å²) in [6.45, 7) is 0.736. The fourth-order valence-corrected chi connectivity index (χ4v) is 3.33. The number of rotatable bonds is 12. The molecule has 0 bridgehead atoms. The second-order valence-corrected chi connectivity index (χ2v) is 8.08. The van der Waals surface area contributed by atoms with E-state index in [1.54, 1.807) is 85.1 Å². The number of carbonyl (C=O) groups excluding carboxylic acids is 1. The minimum absolute atomic E-state index is 0.313. The van der Waals surface area contributed by atoms with E-state index in [1.807, 2.05) is 0 Å². The Bertz CT molecular complexity index is 1310. The third-order valence-corrected chi connectivity index (χ3v) is 5.30. The molecule has 0 aliphatic carbocycles. The van der Waals surface area contributed by atoms with Gasteiger partial charge >= 0.3 is 14.2 Å². The number of hydrogen-bond acceptors (Lipinski definition) is 9. The molecule has 10 nitrogen and oxygen atoms in total. The predicted molar refractivity (Wildman–Crippen MR) is 143 cm³/mol. The highest BCUT2D eigenvalue weighted by Gasteiger charge is 2.20. The van der Waals surface area contributed by atoms with Gasteiger partial charge in [0.2, 0.25) is 5.88 Å². The Balaban J connectivity index is 1.22. The van der Waals surface area contributed by atoms with Crippen LogP contribution in [0.4, 0.5) is 5.82 Å². The van der Waals surface area contributed by atoms with E-state index in [4.69, 9.17) is 24.2 Å². The fourth-order valence-electron chi connectivity index (χ4n) is 3.33. The zero-order chi connectivity index (χ0) is 26.7. The molecule has 0 aliphatic rings. The topological polar surface area (TPSA) is 143 Å². The van der Waals surface area contributed by atoms with E-state index in [2.05, 4.69) is 15.3 Å². The number of pyridine rings is 2. The molecule has 1 amide bonds. The molecule has 0 unspecified atom stereocenters. The maximum absolute atomic E-state index is 12.4. The Morgan fingerprint density at radius 1 is 0.789 bits per heavy atom. The van der Waals surface area contributed by atoms with Crippen LogP contribution in [0.25, 0.3) is 0 Å². The van der Waals surface area contributed by atoms with Crippen molar-refractivity contribution >= 4 is 36.9 Å². The molecule has 4 N–H and O–H groups in total. The van der Waals surface area contributed by atoms with Gasteiger partial charge in [0.15, 0.2) is 0 Å². The van der Waals surface area contributed by atoms with Crippen molar-refractivity contribution in [1.82, 2.24) is 9.97 Å². The van der Waals surface area contributed by atoms with Crippen LogP contribution in [0.1, 0.15) is 16.8 Å². The van der Waals surface area contributed by atoms with Crippen LogP contribution in [0.15, 0.2) is 91.3 Å². The molecule has 12 heteroatoms. The van der Waals surface area contributed by atoms with Gasteiger partial charge in [0.05, 0.1) is 13.2 Å². The van der Waals surface area contributed by atoms with Gasteiger partial charge in [-0.15, -0.1) is 0 Å². The van der Waals surface area contributed by atoms with Gasteiger partial charge < -0.3 is 34.5 Å². The van der Waals surface area contributed by atoms with Gasteiger partial charge in [-0.3, -0.25) is 4.79 Å². The molecule has 0 radical (unpaired) electrons. The largest absolute Gasteiger partial charge is 0.560 e. The predicted octanol–water partition coefficient (Wildman–Crippen LogP) is 1.02. The zero-order valence-electron chi connectivity index (χ0n) is 20.3. The van der Waals surface area contributed by atoms with E-state index < -0.39 is 14.2 Å². The Hall–Kier alpha value is -4.38. The first-order chi connectivity index (χ1) is 18.5. The molecule has 4 rings (SSSR count). The molecule has 2 aromatic heterocycles. The maximum Gasteiger partial charge on any atom is 0.560 e. The van der Waals surface area contributed by atoms with Crippen molar-refractivity contribution in [2.45, 2.75) is 6.42 Å². The minimum Gasteiger partial charge on any atom is -0.532 e. The molecule has 192 valence electrons. The lowest BCUT2D eigenvalue weighted by atomic mass is 9.79. The van der Waals surface area contributed by atoms with Crippen LogP contribution in [0.3, 0.4) is 0 Å². The van der Waals surface area contributed by atoms with Crippen LogP contribution in [0, 0.1) is 0 Å². The lowest BCUT2D eigenvalue weighted by Gasteiger charge is -2.12. The van der Waals surface area contributed by atoms with Gasteiger partial charge in [0.1, 0.15) is 17.3 Å². The number of benzene rings is 2. The second-order valence-electron chi connectivity index (χ2n) is 8.08. The van der Waals surface area contributed by atoms with E-state index in [0.29, 0.717) is 59.3 Å². The van der Waals surface area contributed by atoms with Gasteiger partial charge in [0, 0.05) is 30.4 Å². The molecule has 2 heterocycles. The number of aromatic nitrogens is 2. The number of anilines is 1. The van der Waals surface area contributed by atoms with Crippen molar-refractivity contribution < 1.29 is 34.0 Å². The fraction of sp³-hybridized carbons (Fsp3) is 0.115. The van der Waals surface area contributed by atoms with Gasteiger partial charge in [-0.25, -0.2) is 9.97 Å². The third-order valence-electron chi connectivity index (χ3n) is 5.30. The van der Waals surface area contributed by atoms with Crippen molar-refractivity contribution in [3.63, 3.8) is 0 Å². The normalized spacial score (nSPS) is 10.4. The lowest BCUT2D eigenvalue weighted by molar-refractivity contribution is 0.102. The molecule has 0 saturated carbocycles. The standard InChI is InChI=1S/C26H25B2N3O7/c32-26(31-24-4-1-2-14-29-24)19-5-7-21(8-6-19)28(35)38-23-13-15-30-25(18-23)37-17-3-16-36-22-11-9-20(10-12-22)27(33)34/h1-2,4-15,18,33-35H,3,16-17H2,(H,29,31,32). The zero-order valence-corrected chi connectivity index (χ0v) is 20.3. The monoisotopic (exact) mass is 513 g/mol. The van der Waals surface area contributed by atoms with Crippen molar-refractivity contribution in [3.05, 3.63) is 96.8 Å². The van der Waals surface area contributed by atoms with Crippen LogP contribution in [0.5, 0.6) is 17.4 Å². The van der Waals surface area contributed by atoms with Gasteiger partial charge in [-0.2, -0.15) is 0 Å². The summed E-state index contributed by atoms with van der Waals surface area (Å²) in [5.41, 5.74) is 1.27.